The summed E-state index contributed by atoms with van der Waals surface area (Å²) in [6, 6.07) is 11.7. The summed E-state index contributed by atoms with van der Waals surface area (Å²) in [5.74, 6) is 1.59. The highest BCUT2D eigenvalue weighted by atomic mass is 16.5. The van der Waals surface area contributed by atoms with E-state index in [4.69, 9.17) is 4.74 Å². The van der Waals surface area contributed by atoms with Crippen LogP contribution in [-0.4, -0.2) is 31.5 Å². The Kier molecular flexibility index (Phi) is 4.93. The van der Waals surface area contributed by atoms with Crippen LogP contribution in [0.25, 0.3) is 0 Å². The molecule has 4 nitrogen and oxygen atoms in total. The Morgan fingerprint density at radius 3 is 2.76 bits per heavy atom. The predicted octanol–water partition coefficient (Wildman–Crippen LogP) is 2.97. The van der Waals surface area contributed by atoms with E-state index in [1.54, 1.807) is 25.4 Å². The third-order valence-corrected chi connectivity index (χ3v) is 3.65. The molecule has 0 radical (unpaired) electrons. The first-order chi connectivity index (χ1) is 10.2. The van der Waals surface area contributed by atoms with Gasteiger partial charge in [0.25, 0.3) is 0 Å². The molecule has 2 aromatic rings. The summed E-state index contributed by atoms with van der Waals surface area (Å²) in [5, 5.41) is 0. The Hall–Kier alpha value is -2.36. The average Bonchev–Trinajstić information content (AvgIpc) is 2.54. The smallest absolute Gasteiger partial charge is 0.153 e. The number of hydrogen-bond acceptors (Lipinski definition) is 4. The number of rotatable bonds is 6. The summed E-state index contributed by atoms with van der Waals surface area (Å²) in [4.78, 5) is 17.5. The number of nitrogens with zero attached hydrogens (tertiary/aromatic N) is 2. The normalized spacial score (nSPS) is 11.8. The molecule has 4 heteroatoms. The zero-order chi connectivity index (χ0) is 15.2. The van der Waals surface area contributed by atoms with E-state index in [0.717, 1.165) is 24.0 Å². The van der Waals surface area contributed by atoms with E-state index in [9.17, 15) is 4.79 Å². The molecule has 0 N–H and O–H groups in total. The third-order valence-electron chi connectivity index (χ3n) is 3.65. The Balaban J connectivity index is 2.19. The van der Waals surface area contributed by atoms with Gasteiger partial charge in [0.05, 0.1) is 12.7 Å². The molecule has 1 atom stereocenters. The Morgan fingerprint density at radius 2 is 2.05 bits per heavy atom. The Bertz CT molecular complexity index is 613. The van der Waals surface area contributed by atoms with E-state index in [0.29, 0.717) is 11.4 Å². The number of methoxy groups -OCH3 is 1. The first-order valence-corrected chi connectivity index (χ1v) is 6.92. The van der Waals surface area contributed by atoms with Crippen molar-refractivity contribution in [3.63, 3.8) is 0 Å². The number of para-hydroxylation sites is 1. The second-order valence-electron chi connectivity index (χ2n) is 5.01. The van der Waals surface area contributed by atoms with Gasteiger partial charge in [0.2, 0.25) is 0 Å². The lowest BCUT2D eigenvalue weighted by Gasteiger charge is -2.27. The SMILES string of the molecule is COc1ccccc1CC(C)N(C)c1ncccc1C=O. The average molecular weight is 284 g/mol. The monoisotopic (exact) mass is 284 g/mol. The van der Waals surface area contributed by atoms with Crippen molar-refractivity contribution in [2.75, 3.05) is 19.1 Å². The van der Waals surface area contributed by atoms with Gasteiger partial charge in [-0.05, 0) is 37.1 Å². The third kappa shape index (κ3) is 3.40. The number of carbonyl (C=O) groups excluding carboxylic acids is 1. The first kappa shape index (κ1) is 15.0. The van der Waals surface area contributed by atoms with Gasteiger partial charge in [-0.1, -0.05) is 18.2 Å². The molecule has 0 amide bonds. The van der Waals surface area contributed by atoms with Crippen LogP contribution in [0.15, 0.2) is 42.6 Å². The van der Waals surface area contributed by atoms with Gasteiger partial charge in [-0.3, -0.25) is 4.79 Å². The largest absolute Gasteiger partial charge is 0.496 e. The molecule has 0 aliphatic heterocycles. The van der Waals surface area contributed by atoms with Crippen molar-refractivity contribution in [3.05, 3.63) is 53.7 Å². The second kappa shape index (κ2) is 6.88. The minimum atomic E-state index is 0.190. The van der Waals surface area contributed by atoms with Crippen LogP contribution in [0.4, 0.5) is 5.82 Å². The summed E-state index contributed by atoms with van der Waals surface area (Å²) in [6.07, 6.45) is 3.36. The molecule has 0 fully saturated rings. The minimum absolute atomic E-state index is 0.190. The molecular weight excluding hydrogens is 264 g/mol. The number of benzene rings is 1. The molecule has 1 heterocycles. The van der Waals surface area contributed by atoms with Gasteiger partial charge in [-0.2, -0.15) is 0 Å². The van der Waals surface area contributed by atoms with E-state index < -0.39 is 0 Å². The number of ether oxygens (including phenoxy) is 1. The van der Waals surface area contributed by atoms with Crippen LogP contribution in [-0.2, 0) is 6.42 Å². The van der Waals surface area contributed by atoms with Crippen molar-refractivity contribution in [3.8, 4) is 5.75 Å². The number of hydrogen-bond donors (Lipinski definition) is 0. The van der Waals surface area contributed by atoms with Gasteiger partial charge in [-0.15, -0.1) is 0 Å². The zero-order valence-corrected chi connectivity index (χ0v) is 12.6. The molecular formula is C17H20N2O2. The van der Waals surface area contributed by atoms with Crippen molar-refractivity contribution in [2.45, 2.75) is 19.4 Å². The van der Waals surface area contributed by atoms with Crippen LogP contribution in [0.5, 0.6) is 5.75 Å². The maximum Gasteiger partial charge on any atom is 0.153 e. The maximum atomic E-state index is 11.1. The van der Waals surface area contributed by atoms with Gasteiger partial charge >= 0.3 is 0 Å². The molecule has 2 rings (SSSR count). The molecule has 0 saturated heterocycles. The molecule has 0 spiro atoms. The fraction of sp³-hybridized carbons (Fsp3) is 0.294. The minimum Gasteiger partial charge on any atom is -0.496 e. The molecule has 0 saturated carbocycles. The standard InChI is InChI=1S/C17H20N2O2/c1-13(11-14-7-4-5-9-16(14)21-3)19(2)17-15(12-20)8-6-10-18-17/h4-10,12-13H,11H2,1-3H3. The van der Waals surface area contributed by atoms with E-state index in [-0.39, 0.29) is 6.04 Å². The molecule has 1 aromatic heterocycles. The van der Waals surface area contributed by atoms with Crippen molar-refractivity contribution in [1.29, 1.82) is 0 Å². The molecule has 21 heavy (non-hydrogen) atoms. The highest BCUT2D eigenvalue weighted by Gasteiger charge is 2.16. The van der Waals surface area contributed by atoms with Crippen LogP contribution in [0, 0.1) is 0 Å². The van der Waals surface area contributed by atoms with Crippen LogP contribution < -0.4 is 9.64 Å². The van der Waals surface area contributed by atoms with E-state index in [1.165, 1.54) is 0 Å². The topological polar surface area (TPSA) is 42.4 Å². The summed E-state index contributed by atoms with van der Waals surface area (Å²) in [6.45, 7) is 2.11. The van der Waals surface area contributed by atoms with Crippen molar-refractivity contribution in [1.82, 2.24) is 4.98 Å². The van der Waals surface area contributed by atoms with Crippen LogP contribution >= 0.6 is 0 Å². The number of pyridine rings is 1. The lowest BCUT2D eigenvalue weighted by Crippen LogP contribution is -2.32. The molecule has 1 aromatic carbocycles. The van der Waals surface area contributed by atoms with E-state index >= 15 is 0 Å². The molecule has 0 bridgehead atoms. The number of aromatic nitrogens is 1. The van der Waals surface area contributed by atoms with Gasteiger partial charge in [-0.25, -0.2) is 4.98 Å². The summed E-state index contributed by atoms with van der Waals surface area (Å²) >= 11 is 0. The molecule has 0 aliphatic carbocycles. The highest BCUT2D eigenvalue weighted by molar-refractivity contribution is 5.82. The van der Waals surface area contributed by atoms with Gasteiger partial charge in [0, 0.05) is 19.3 Å². The second-order valence-corrected chi connectivity index (χ2v) is 5.01. The number of carbonyl (C=O) groups is 1. The van der Waals surface area contributed by atoms with Crippen molar-refractivity contribution in [2.24, 2.45) is 0 Å². The first-order valence-electron chi connectivity index (χ1n) is 6.92. The lowest BCUT2D eigenvalue weighted by atomic mass is 10.0. The zero-order valence-electron chi connectivity index (χ0n) is 12.6. The van der Waals surface area contributed by atoms with Crippen LogP contribution in [0.2, 0.25) is 0 Å². The highest BCUT2D eigenvalue weighted by Crippen LogP contribution is 2.23. The number of anilines is 1. The molecule has 0 aliphatic rings. The molecule has 110 valence electrons. The number of likely N-dealkylation sites (N-methyl/N-ethyl adjacent to an activating group) is 1. The maximum absolute atomic E-state index is 11.1. The van der Waals surface area contributed by atoms with Crippen molar-refractivity contribution < 1.29 is 9.53 Å². The fourth-order valence-corrected chi connectivity index (χ4v) is 2.33. The summed E-state index contributed by atoms with van der Waals surface area (Å²) in [5.41, 5.74) is 1.75. The summed E-state index contributed by atoms with van der Waals surface area (Å²) in [7, 11) is 3.63. The summed E-state index contributed by atoms with van der Waals surface area (Å²) < 4.78 is 5.39. The lowest BCUT2D eigenvalue weighted by molar-refractivity contribution is 0.112. The number of aldehydes is 1. The van der Waals surface area contributed by atoms with Gasteiger partial charge in [0.15, 0.2) is 6.29 Å². The van der Waals surface area contributed by atoms with Crippen molar-refractivity contribution >= 4 is 12.1 Å². The Morgan fingerprint density at radius 1 is 1.29 bits per heavy atom. The van der Waals surface area contributed by atoms with E-state index in [1.807, 2.05) is 30.1 Å². The van der Waals surface area contributed by atoms with Gasteiger partial charge in [0.1, 0.15) is 11.6 Å². The molecule has 1 unspecified atom stereocenters. The predicted molar refractivity (Wildman–Crippen MR) is 84.2 cm³/mol. The Labute approximate surface area is 125 Å². The van der Waals surface area contributed by atoms with Crippen LogP contribution in [0.3, 0.4) is 0 Å². The van der Waals surface area contributed by atoms with E-state index in [2.05, 4.69) is 18.0 Å². The quantitative estimate of drug-likeness (QED) is 0.765. The van der Waals surface area contributed by atoms with Crippen LogP contribution in [0.1, 0.15) is 22.8 Å². The fourth-order valence-electron chi connectivity index (χ4n) is 2.33. The van der Waals surface area contributed by atoms with Gasteiger partial charge < -0.3 is 9.64 Å².